The second kappa shape index (κ2) is 7.68. The van der Waals surface area contributed by atoms with Gasteiger partial charge in [-0.2, -0.15) is 0 Å². The van der Waals surface area contributed by atoms with Crippen molar-refractivity contribution < 1.29 is 14.3 Å². The van der Waals surface area contributed by atoms with Crippen LogP contribution in [0.5, 0.6) is 11.5 Å². The lowest BCUT2D eigenvalue weighted by Gasteiger charge is -2.13. The number of methoxy groups -OCH3 is 2. The van der Waals surface area contributed by atoms with Gasteiger partial charge in [0.15, 0.2) is 0 Å². The maximum atomic E-state index is 12.2. The molecule has 0 spiro atoms. The van der Waals surface area contributed by atoms with Crippen molar-refractivity contribution in [2.45, 2.75) is 26.8 Å². The molecule has 0 fully saturated rings. The van der Waals surface area contributed by atoms with Crippen molar-refractivity contribution in [2.24, 2.45) is 0 Å². The van der Waals surface area contributed by atoms with Crippen molar-refractivity contribution in [3.63, 3.8) is 0 Å². The highest BCUT2D eigenvalue weighted by Gasteiger charge is 2.10. The Morgan fingerprint density at radius 1 is 0.957 bits per heavy atom. The van der Waals surface area contributed by atoms with E-state index < -0.39 is 0 Å². The minimum atomic E-state index is 0.00786. The molecule has 23 heavy (non-hydrogen) atoms. The molecule has 0 heterocycles. The minimum Gasteiger partial charge on any atom is -0.497 e. The lowest BCUT2D eigenvalue weighted by Crippen LogP contribution is -2.24. The number of carbonyl (C=O) groups is 1. The molecule has 2 rings (SSSR count). The molecule has 1 amide bonds. The highest BCUT2D eigenvalue weighted by molar-refractivity contribution is 5.79. The first-order valence-corrected chi connectivity index (χ1v) is 7.58. The van der Waals surface area contributed by atoms with Gasteiger partial charge in [-0.05, 0) is 54.3 Å². The van der Waals surface area contributed by atoms with Gasteiger partial charge in [-0.15, -0.1) is 0 Å². The Bertz CT molecular complexity index is 678. The molecular weight excluding hydrogens is 290 g/mol. The zero-order valence-electron chi connectivity index (χ0n) is 14.1. The Kier molecular flexibility index (Phi) is 5.63. The van der Waals surface area contributed by atoms with E-state index in [4.69, 9.17) is 9.47 Å². The predicted octanol–water partition coefficient (Wildman–Crippen LogP) is 3.18. The van der Waals surface area contributed by atoms with Crippen LogP contribution in [0.15, 0.2) is 36.4 Å². The monoisotopic (exact) mass is 313 g/mol. The Morgan fingerprint density at radius 2 is 1.65 bits per heavy atom. The fourth-order valence-electron chi connectivity index (χ4n) is 2.44. The number of hydrogen-bond donors (Lipinski definition) is 1. The van der Waals surface area contributed by atoms with Crippen molar-refractivity contribution in [3.8, 4) is 11.5 Å². The van der Waals surface area contributed by atoms with E-state index in [1.165, 1.54) is 0 Å². The largest absolute Gasteiger partial charge is 0.497 e. The molecule has 0 saturated heterocycles. The van der Waals surface area contributed by atoms with Crippen LogP contribution in [0.4, 0.5) is 0 Å². The smallest absolute Gasteiger partial charge is 0.224 e. The third kappa shape index (κ3) is 4.25. The molecule has 0 radical (unpaired) electrons. The summed E-state index contributed by atoms with van der Waals surface area (Å²) in [4.78, 5) is 12.2. The van der Waals surface area contributed by atoms with E-state index in [0.29, 0.717) is 13.0 Å². The maximum Gasteiger partial charge on any atom is 0.224 e. The summed E-state index contributed by atoms with van der Waals surface area (Å²) in [5, 5.41) is 2.95. The van der Waals surface area contributed by atoms with Crippen LogP contribution in [0.1, 0.15) is 22.3 Å². The lowest BCUT2D eigenvalue weighted by molar-refractivity contribution is -0.120. The zero-order chi connectivity index (χ0) is 16.8. The van der Waals surface area contributed by atoms with Gasteiger partial charge < -0.3 is 14.8 Å². The highest BCUT2D eigenvalue weighted by atomic mass is 16.5. The number of ether oxygens (including phenoxy) is 2. The van der Waals surface area contributed by atoms with Crippen molar-refractivity contribution in [3.05, 3.63) is 58.7 Å². The van der Waals surface area contributed by atoms with Crippen molar-refractivity contribution in [2.75, 3.05) is 14.2 Å². The predicted molar refractivity (Wildman–Crippen MR) is 91.0 cm³/mol. The molecule has 4 nitrogen and oxygen atoms in total. The Labute approximate surface area is 137 Å². The first-order valence-electron chi connectivity index (χ1n) is 7.58. The molecule has 4 heteroatoms. The SMILES string of the molecule is COc1ccc(CNC(=O)Cc2ccc(OC)c(C)c2C)cc1. The summed E-state index contributed by atoms with van der Waals surface area (Å²) in [5.74, 6) is 1.67. The van der Waals surface area contributed by atoms with E-state index in [0.717, 1.165) is 33.8 Å². The van der Waals surface area contributed by atoms with Gasteiger partial charge >= 0.3 is 0 Å². The van der Waals surface area contributed by atoms with Crippen LogP contribution < -0.4 is 14.8 Å². The second-order valence-electron chi connectivity index (χ2n) is 5.48. The molecule has 0 unspecified atom stereocenters. The number of hydrogen-bond acceptors (Lipinski definition) is 3. The van der Waals surface area contributed by atoms with Crippen LogP contribution in [0.2, 0.25) is 0 Å². The average Bonchev–Trinajstić information content (AvgIpc) is 2.58. The Hall–Kier alpha value is -2.49. The van der Waals surface area contributed by atoms with E-state index in [2.05, 4.69) is 5.32 Å². The summed E-state index contributed by atoms with van der Waals surface area (Å²) in [5.41, 5.74) is 4.24. The van der Waals surface area contributed by atoms with E-state index in [9.17, 15) is 4.79 Å². The normalized spacial score (nSPS) is 10.3. The number of carbonyl (C=O) groups excluding carboxylic acids is 1. The van der Waals surface area contributed by atoms with E-state index in [1.54, 1.807) is 14.2 Å². The molecular formula is C19H23NO3. The van der Waals surface area contributed by atoms with E-state index >= 15 is 0 Å². The van der Waals surface area contributed by atoms with Crippen LogP contribution in [0.25, 0.3) is 0 Å². The third-order valence-corrected chi connectivity index (χ3v) is 4.07. The Morgan fingerprint density at radius 3 is 2.26 bits per heavy atom. The van der Waals surface area contributed by atoms with Gasteiger partial charge in [0.2, 0.25) is 5.91 Å². The third-order valence-electron chi connectivity index (χ3n) is 4.07. The van der Waals surface area contributed by atoms with Gasteiger partial charge in [0.1, 0.15) is 11.5 Å². The zero-order valence-corrected chi connectivity index (χ0v) is 14.1. The topological polar surface area (TPSA) is 47.6 Å². The summed E-state index contributed by atoms with van der Waals surface area (Å²) in [6, 6.07) is 11.5. The molecule has 0 aliphatic rings. The second-order valence-corrected chi connectivity index (χ2v) is 5.48. The molecule has 2 aromatic rings. The summed E-state index contributed by atoms with van der Waals surface area (Å²) in [7, 11) is 3.29. The van der Waals surface area contributed by atoms with Gasteiger partial charge in [0.25, 0.3) is 0 Å². The highest BCUT2D eigenvalue weighted by Crippen LogP contribution is 2.24. The molecule has 0 aliphatic heterocycles. The van der Waals surface area contributed by atoms with E-state index in [1.807, 2.05) is 50.2 Å². The van der Waals surface area contributed by atoms with Gasteiger partial charge in [-0.25, -0.2) is 0 Å². The summed E-state index contributed by atoms with van der Waals surface area (Å²) in [6.45, 7) is 4.54. The van der Waals surface area contributed by atoms with Crippen LogP contribution in [0.3, 0.4) is 0 Å². The first kappa shape index (κ1) is 16.9. The quantitative estimate of drug-likeness (QED) is 0.891. The number of amides is 1. The molecule has 0 saturated carbocycles. The molecule has 2 aromatic carbocycles. The Balaban J connectivity index is 1.95. The van der Waals surface area contributed by atoms with Gasteiger partial charge in [-0.1, -0.05) is 18.2 Å². The summed E-state index contributed by atoms with van der Waals surface area (Å²) in [6.07, 6.45) is 0.368. The fourth-order valence-corrected chi connectivity index (χ4v) is 2.44. The van der Waals surface area contributed by atoms with Crippen LogP contribution >= 0.6 is 0 Å². The van der Waals surface area contributed by atoms with Crippen LogP contribution in [0, 0.1) is 13.8 Å². The maximum absolute atomic E-state index is 12.2. The molecule has 0 atom stereocenters. The van der Waals surface area contributed by atoms with Crippen LogP contribution in [-0.4, -0.2) is 20.1 Å². The summed E-state index contributed by atoms with van der Waals surface area (Å²) >= 11 is 0. The van der Waals surface area contributed by atoms with Crippen molar-refractivity contribution in [1.82, 2.24) is 5.32 Å². The average molecular weight is 313 g/mol. The number of rotatable bonds is 6. The molecule has 0 aliphatic carbocycles. The lowest BCUT2D eigenvalue weighted by atomic mass is 10.00. The standard InChI is InChI=1S/C19H23NO3/c1-13-14(2)18(23-4)10-7-16(13)11-19(21)20-12-15-5-8-17(22-3)9-6-15/h5-10H,11-12H2,1-4H3,(H,20,21). The first-order chi connectivity index (χ1) is 11.0. The van der Waals surface area contributed by atoms with Gasteiger partial charge in [0, 0.05) is 6.54 Å². The molecule has 0 aromatic heterocycles. The van der Waals surface area contributed by atoms with Crippen LogP contribution in [-0.2, 0) is 17.8 Å². The fraction of sp³-hybridized carbons (Fsp3) is 0.316. The number of nitrogens with one attached hydrogen (secondary N) is 1. The van der Waals surface area contributed by atoms with Gasteiger partial charge in [-0.3, -0.25) is 4.79 Å². The van der Waals surface area contributed by atoms with E-state index in [-0.39, 0.29) is 5.91 Å². The molecule has 1 N–H and O–H groups in total. The van der Waals surface area contributed by atoms with Gasteiger partial charge in [0.05, 0.1) is 20.6 Å². The summed E-state index contributed by atoms with van der Waals surface area (Å²) < 4.78 is 10.4. The van der Waals surface area contributed by atoms with Crippen molar-refractivity contribution >= 4 is 5.91 Å². The number of benzene rings is 2. The minimum absolute atomic E-state index is 0.00786. The molecule has 0 bridgehead atoms. The molecule has 122 valence electrons. The van der Waals surface area contributed by atoms with Crippen molar-refractivity contribution in [1.29, 1.82) is 0 Å².